The molecule has 1 rings (SSSR count). The third kappa shape index (κ3) is 4.38. The number of rotatable bonds is 6. The van der Waals surface area contributed by atoms with Crippen molar-refractivity contribution in [2.45, 2.75) is 38.2 Å². The topological polar surface area (TPSA) is 86.7 Å². The lowest BCUT2D eigenvalue weighted by molar-refractivity contribution is 0.467. The van der Waals surface area contributed by atoms with Crippen molar-refractivity contribution in [1.29, 1.82) is 0 Å². The van der Waals surface area contributed by atoms with Gasteiger partial charge < -0.3 is 8.37 Å². The molecule has 0 amide bonds. The van der Waals surface area contributed by atoms with E-state index in [0.717, 1.165) is 0 Å². The smallest absolute Gasteiger partial charge is 0.311 e. The van der Waals surface area contributed by atoms with E-state index in [9.17, 15) is 16.8 Å². The van der Waals surface area contributed by atoms with Gasteiger partial charge in [-0.25, -0.2) is 0 Å². The Morgan fingerprint density at radius 1 is 0.800 bits per heavy atom. The van der Waals surface area contributed by atoms with Crippen LogP contribution >= 0.6 is 0 Å². The SMILES string of the molecule is CC(C)S(=O)(=O)Oc1cccc(OS(=O)(=O)C(C)C)c1. The molecule has 6 nitrogen and oxygen atoms in total. The first-order valence-corrected chi connectivity index (χ1v) is 8.95. The third-order valence-electron chi connectivity index (χ3n) is 2.38. The van der Waals surface area contributed by atoms with Crippen LogP contribution in [0.5, 0.6) is 11.5 Å². The maximum Gasteiger partial charge on any atom is 0.311 e. The molecule has 0 N–H and O–H groups in total. The molecule has 0 saturated carbocycles. The summed E-state index contributed by atoms with van der Waals surface area (Å²) in [4.78, 5) is 0. The quantitative estimate of drug-likeness (QED) is 0.744. The van der Waals surface area contributed by atoms with Crippen LogP contribution in [0.1, 0.15) is 27.7 Å². The Morgan fingerprint density at radius 2 is 1.15 bits per heavy atom. The van der Waals surface area contributed by atoms with Crippen LogP contribution in [0.2, 0.25) is 0 Å². The molecule has 0 aliphatic rings. The van der Waals surface area contributed by atoms with E-state index in [0.29, 0.717) is 0 Å². The molecular weight excluding hydrogens is 304 g/mol. The van der Waals surface area contributed by atoms with Crippen molar-refractivity contribution in [1.82, 2.24) is 0 Å². The van der Waals surface area contributed by atoms with Gasteiger partial charge in [-0.2, -0.15) is 16.8 Å². The molecule has 1 aromatic rings. The van der Waals surface area contributed by atoms with Crippen molar-refractivity contribution >= 4 is 20.2 Å². The first-order chi connectivity index (χ1) is 9.04. The normalized spacial score (nSPS) is 12.7. The second kappa shape index (κ2) is 6.01. The van der Waals surface area contributed by atoms with Gasteiger partial charge in [0.05, 0.1) is 10.5 Å². The minimum atomic E-state index is -3.73. The van der Waals surface area contributed by atoms with Crippen LogP contribution in [0.15, 0.2) is 24.3 Å². The van der Waals surface area contributed by atoms with Gasteiger partial charge in [0.15, 0.2) is 0 Å². The summed E-state index contributed by atoms with van der Waals surface area (Å²) in [7, 11) is -7.47. The Balaban J connectivity index is 2.99. The van der Waals surface area contributed by atoms with Gasteiger partial charge in [0.1, 0.15) is 11.5 Å². The van der Waals surface area contributed by atoms with E-state index in [2.05, 4.69) is 0 Å². The van der Waals surface area contributed by atoms with Crippen LogP contribution in [0.3, 0.4) is 0 Å². The molecule has 114 valence electrons. The number of hydrogen-bond donors (Lipinski definition) is 0. The van der Waals surface area contributed by atoms with Gasteiger partial charge >= 0.3 is 20.2 Å². The zero-order valence-corrected chi connectivity index (χ0v) is 13.4. The van der Waals surface area contributed by atoms with E-state index in [1.807, 2.05) is 0 Å². The Kier molecular flexibility index (Phi) is 5.04. The maximum absolute atomic E-state index is 11.6. The summed E-state index contributed by atoms with van der Waals surface area (Å²) in [5, 5.41) is -1.40. The van der Waals surface area contributed by atoms with Crippen molar-refractivity contribution in [3.63, 3.8) is 0 Å². The highest BCUT2D eigenvalue weighted by atomic mass is 32.2. The predicted molar refractivity (Wildman–Crippen MR) is 75.8 cm³/mol. The molecule has 0 spiro atoms. The standard InChI is InChI=1S/C12H18O6S2/c1-9(2)19(13,14)17-11-6-5-7-12(8-11)18-20(15,16)10(3)4/h5-10H,1-4H3. The molecule has 0 bridgehead atoms. The van der Waals surface area contributed by atoms with Gasteiger partial charge in [0.25, 0.3) is 0 Å². The van der Waals surface area contributed by atoms with Crippen LogP contribution < -0.4 is 8.37 Å². The number of hydrogen-bond acceptors (Lipinski definition) is 6. The Labute approximate surface area is 120 Å². The summed E-state index contributed by atoms with van der Waals surface area (Å²) in [5.41, 5.74) is 0. The van der Waals surface area contributed by atoms with Crippen molar-refractivity contribution in [2.75, 3.05) is 0 Å². The second-order valence-electron chi connectivity index (χ2n) is 4.72. The zero-order valence-electron chi connectivity index (χ0n) is 11.7. The van der Waals surface area contributed by atoms with E-state index in [-0.39, 0.29) is 11.5 Å². The fourth-order valence-electron chi connectivity index (χ4n) is 1.04. The summed E-state index contributed by atoms with van der Waals surface area (Å²) in [6.07, 6.45) is 0. The minimum Gasteiger partial charge on any atom is -0.382 e. The van der Waals surface area contributed by atoms with E-state index in [1.165, 1.54) is 52.0 Å². The predicted octanol–water partition coefficient (Wildman–Crippen LogP) is 1.92. The van der Waals surface area contributed by atoms with E-state index in [4.69, 9.17) is 8.37 Å². The highest BCUT2D eigenvalue weighted by molar-refractivity contribution is 7.87. The minimum absolute atomic E-state index is 0.00940. The molecule has 0 fully saturated rings. The lowest BCUT2D eigenvalue weighted by Gasteiger charge is -2.12. The monoisotopic (exact) mass is 322 g/mol. The van der Waals surface area contributed by atoms with Gasteiger partial charge in [-0.3, -0.25) is 0 Å². The second-order valence-corrected chi connectivity index (χ2v) is 8.91. The molecule has 0 radical (unpaired) electrons. The van der Waals surface area contributed by atoms with Gasteiger partial charge in [-0.05, 0) is 39.8 Å². The van der Waals surface area contributed by atoms with Gasteiger partial charge in [0, 0.05) is 6.07 Å². The molecule has 0 unspecified atom stereocenters. The van der Waals surface area contributed by atoms with Crippen LogP contribution in [0, 0.1) is 0 Å². The fourth-order valence-corrected chi connectivity index (χ4v) is 2.17. The maximum atomic E-state index is 11.6. The zero-order chi connectivity index (χ0) is 15.6. The molecule has 0 heterocycles. The van der Waals surface area contributed by atoms with Crippen LogP contribution in [0.4, 0.5) is 0 Å². The van der Waals surface area contributed by atoms with Crippen molar-refractivity contribution in [3.05, 3.63) is 24.3 Å². The highest BCUT2D eigenvalue weighted by Crippen LogP contribution is 2.23. The Hall–Kier alpha value is -1.28. The van der Waals surface area contributed by atoms with E-state index < -0.39 is 30.7 Å². The molecule has 20 heavy (non-hydrogen) atoms. The van der Waals surface area contributed by atoms with Gasteiger partial charge in [0.2, 0.25) is 0 Å². The fraction of sp³-hybridized carbons (Fsp3) is 0.500. The molecule has 0 aliphatic carbocycles. The molecule has 0 aliphatic heterocycles. The lowest BCUT2D eigenvalue weighted by Crippen LogP contribution is -2.21. The largest absolute Gasteiger partial charge is 0.382 e. The molecule has 0 saturated heterocycles. The van der Waals surface area contributed by atoms with Crippen molar-refractivity contribution < 1.29 is 25.2 Å². The lowest BCUT2D eigenvalue weighted by atomic mass is 10.3. The van der Waals surface area contributed by atoms with Crippen LogP contribution in [-0.4, -0.2) is 27.3 Å². The third-order valence-corrected chi connectivity index (χ3v) is 5.54. The average molecular weight is 322 g/mol. The molecular formula is C12H18O6S2. The van der Waals surface area contributed by atoms with Gasteiger partial charge in [-0.15, -0.1) is 0 Å². The summed E-state index contributed by atoms with van der Waals surface area (Å²) >= 11 is 0. The summed E-state index contributed by atoms with van der Waals surface area (Å²) in [5.74, 6) is 0.0188. The Morgan fingerprint density at radius 3 is 1.45 bits per heavy atom. The van der Waals surface area contributed by atoms with Crippen LogP contribution in [-0.2, 0) is 20.2 Å². The Bertz CT molecular complexity index is 604. The average Bonchev–Trinajstić information content (AvgIpc) is 2.27. The highest BCUT2D eigenvalue weighted by Gasteiger charge is 2.20. The molecule has 0 atom stereocenters. The summed E-state index contributed by atoms with van der Waals surface area (Å²) < 4.78 is 56.2. The van der Waals surface area contributed by atoms with E-state index >= 15 is 0 Å². The summed E-state index contributed by atoms with van der Waals surface area (Å²) in [6, 6.07) is 5.50. The van der Waals surface area contributed by atoms with Crippen LogP contribution in [0.25, 0.3) is 0 Å². The molecule has 8 heteroatoms. The first kappa shape index (κ1) is 16.8. The van der Waals surface area contributed by atoms with Gasteiger partial charge in [-0.1, -0.05) is 6.07 Å². The first-order valence-electron chi connectivity index (χ1n) is 6.01. The molecule has 1 aromatic carbocycles. The van der Waals surface area contributed by atoms with Crippen molar-refractivity contribution in [2.24, 2.45) is 0 Å². The number of benzene rings is 1. The van der Waals surface area contributed by atoms with E-state index in [1.54, 1.807) is 0 Å². The molecule has 0 aromatic heterocycles. The summed E-state index contributed by atoms with van der Waals surface area (Å²) in [6.45, 7) is 5.94. The van der Waals surface area contributed by atoms with Crippen molar-refractivity contribution in [3.8, 4) is 11.5 Å².